The van der Waals surface area contributed by atoms with Gasteiger partial charge in [-0.15, -0.1) is 11.3 Å². The first-order valence-electron chi connectivity index (χ1n) is 10.0. The predicted octanol–water partition coefficient (Wildman–Crippen LogP) is 5.44. The van der Waals surface area contributed by atoms with Gasteiger partial charge in [-0.2, -0.15) is 5.26 Å². The normalized spacial score (nSPS) is 17.4. The van der Waals surface area contributed by atoms with E-state index >= 15 is 0 Å². The highest BCUT2D eigenvalue weighted by Crippen LogP contribution is 2.38. The van der Waals surface area contributed by atoms with Gasteiger partial charge in [0.05, 0.1) is 10.9 Å². The van der Waals surface area contributed by atoms with E-state index in [1.54, 1.807) is 0 Å². The molecule has 4 nitrogen and oxygen atoms in total. The summed E-state index contributed by atoms with van der Waals surface area (Å²) in [5.41, 5.74) is 3.56. The minimum Gasteiger partial charge on any atom is -0.332 e. The van der Waals surface area contributed by atoms with Crippen molar-refractivity contribution in [1.29, 1.82) is 5.26 Å². The molecule has 1 aliphatic carbocycles. The minimum absolute atomic E-state index is 0.228. The molecule has 1 amide bonds. The van der Waals surface area contributed by atoms with E-state index in [0.717, 1.165) is 35.0 Å². The lowest BCUT2D eigenvalue weighted by Crippen LogP contribution is -2.27. The van der Waals surface area contributed by atoms with Crippen LogP contribution < -0.4 is 5.32 Å². The highest BCUT2D eigenvalue weighted by Gasteiger charge is 2.29. The zero-order valence-electron chi connectivity index (χ0n) is 17.0. The third-order valence-corrected chi connectivity index (χ3v) is 6.90. The van der Waals surface area contributed by atoms with E-state index in [-0.39, 0.29) is 11.3 Å². The molecular formula is C24H25N3OS. The Morgan fingerprint density at radius 3 is 2.72 bits per heavy atom. The van der Waals surface area contributed by atoms with E-state index < -0.39 is 6.04 Å². The maximum absolute atomic E-state index is 12.8. The van der Waals surface area contributed by atoms with E-state index in [4.69, 9.17) is 4.98 Å². The fraction of sp³-hybridized carbons (Fsp3) is 0.375. The van der Waals surface area contributed by atoms with Gasteiger partial charge < -0.3 is 5.32 Å². The molecule has 1 aromatic carbocycles. The Balaban J connectivity index is 1.58. The highest BCUT2D eigenvalue weighted by atomic mass is 32.1. The van der Waals surface area contributed by atoms with Crippen molar-refractivity contribution in [3.05, 3.63) is 64.2 Å². The molecular weight excluding hydrogens is 378 g/mol. The number of rotatable bonds is 3. The molecule has 2 heterocycles. The summed E-state index contributed by atoms with van der Waals surface area (Å²) in [5.74, 6) is 0.423. The number of amides is 1. The largest absolute Gasteiger partial charge is 0.332 e. The topological polar surface area (TPSA) is 65.8 Å². The highest BCUT2D eigenvalue weighted by molar-refractivity contribution is 7.20. The monoisotopic (exact) mass is 403 g/mol. The predicted molar refractivity (Wildman–Crippen MR) is 117 cm³/mol. The lowest BCUT2D eigenvalue weighted by atomic mass is 9.71. The van der Waals surface area contributed by atoms with Crippen molar-refractivity contribution >= 4 is 27.5 Å². The van der Waals surface area contributed by atoms with Crippen molar-refractivity contribution in [2.75, 3.05) is 0 Å². The van der Waals surface area contributed by atoms with Gasteiger partial charge in [0.25, 0.3) is 5.91 Å². The van der Waals surface area contributed by atoms with Gasteiger partial charge in [0.15, 0.2) is 0 Å². The molecule has 1 N–H and O–H groups in total. The lowest BCUT2D eigenvalue weighted by Gasteiger charge is -2.34. The molecule has 148 valence electrons. The van der Waals surface area contributed by atoms with Crippen LogP contribution in [0.3, 0.4) is 0 Å². The summed E-state index contributed by atoms with van der Waals surface area (Å²) in [6.45, 7) is 6.92. The summed E-state index contributed by atoms with van der Waals surface area (Å²) in [4.78, 5) is 19.1. The van der Waals surface area contributed by atoms with Gasteiger partial charge >= 0.3 is 0 Å². The maximum atomic E-state index is 12.8. The van der Waals surface area contributed by atoms with Gasteiger partial charge in [-0.3, -0.25) is 4.79 Å². The molecule has 0 bridgehead atoms. The molecule has 3 aromatic rings. The molecule has 0 fully saturated rings. The lowest BCUT2D eigenvalue weighted by molar-refractivity contribution is 0.0949. The van der Waals surface area contributed by atoms with Gasteiger partial charge in [-0.05, 0) is 53.9 Å². The molecule has 2 aromatic heterocycles. The number of aromatic nitrogens is 1. The third-order valence-electron chi connectivity index (χ3n) is 5.86. The number of carbonyl (C=O) groups excluding carboxylic acids is 1. The van der Waals surface area contributed by atoms with Crippen molar-refractivity contribution in [2.45, 2.75) is 46.1 Å². The summed E-state index contributed by atoms with van der Waals surface area (Å²) in [7, 11) is 0. The standard InChI is InChI=1S/C24H25N3OS/c1-24(2,3)18-9-10-19-16(12-18)11-17-13-21(29-23(17)27-19)22(28)26-20(14-25)15-7-5-4-6-8-15/h4-8,11,13,18,20H,9-10,12H2,1-3H3,(H,26,28)/t18?,20-/m1/s1. The molecule has 0 spiro atoms. The van der Waals surface area contributed by atoms with E-state index in [1.807, 2.05) is 36.4 Å². The summed E-state index contributed by atoms with van der Waals surface area (Å²) in [5, 5.41) is 13.3. The number of thiophene rings is 1. The van der Waals surface area contributed by atoms with E-state index in [2.05, 4.69) is 38.2 Å². The van der Waals surface area contributed by atoms with Crippen molar-refractivity contribution in [1.82, 2.24) is 10.3 Å². The van der Waals surface area contributed by atoms with Gasteiger partial charge in [-0.1, -0.05) is 51.1 Å². The number of nitrogens with zero attached hydrogens (tertiary/aromatic N) is 2. The minimum atomic E-state index is -0.664. The Hall–Kier alpha value is -2.71. The van der Waals surface area contributed by atoms with Gasteiger partial charge in [0.1, 0.15) is 10.9 Å². The molecule has 1 unspecified atom stereocenters. The molecule has 2 atom stereocenters. The molecule has 0 aliphatic heterocycles. The number of nitriles is 1. The molecule has 0 saturated carbocycles. The van der Waals surface area contributed by atoms with Crippen LogP contribution in [0.25, 0.3) is 10.2 Å². The first kappa shape index (κ1) is 19.6. The second-order valence-corrected chi connectivity index (χ2v) is 9.88. The van der Waals surface area contributed by atoms with E-state index in [9.17, 15) is 10.1 Å². The third kappa shape index (κ3) is 4.04. The van der Waals surface area contributed by atoms with Crippen LogP contribution in [0.5, 0.6) is 0 Å². The number of benzene rings is 1. The number of aryl methyl sites for hydroxylation is 1. The van der Waals surface area contributed by atoms with Crippen molar-refractivity contribution in [3.63, 3.8) is 0 Å². The van der Waals surface area contributed by atoms with Crippen LogP contribution >= 0.6 is 11.3 Å². The first-order chi connectivity index (χ1) is 13.8. The second-order valence-electron chi connectivity index (χ2n) is 8.85. The summed E-state index contributed by atoms with van der Waals surface area (Å²) in [6.07, 6.45) is 3.20. The summed E-state index contributed by atoms with van der Waals surface area (Å²) < 4.78 is 0. The van der Waals surface area contributed by atoms with Crippen LogP contribution in [0.2, 0.25) is 0 Å². The van der Waals surface area contributed by atoms with Crippen molar-refractivity contribution < 1.29 is 4.79 Å². The SMILES string of the molecule is CC(C)(C)C1CCc2nc3sc(C(=O)N[C@H](C#N)c4ccccc4)cc3cc2C1. The molecule has 0 saturated heterocycles. The number of hydrogen-bond donors (Lipinski definition) is 1. The molecule has 29 heavy (non-hydrogen) atoms. The van der Waals surface area contributed by atoms with Gasteiger partial charge in [-0.25, -0.2) is 4.98 Å². The van der Waals surface area contributed by atoms with Crippen LogP contribution in [0.1, 0.15) is 59.7 Å². The van der Waals surface area contributed by atoms with Crippen LogP contribution in [-0.2, 0) is 12.8 Å². The average Bonchev–Trinajstić information content (AvgIpc) is 3.12. The average molecular weight is 404 g/mol. The van der Waals surface area contributed by atoms with Gasteiger partial charge in [0.2, 0.25) is 0 Å². The van der Waals surface area contributed by atoms with E-state index in [1.165, 1.54) is 22.6 Å². The number of nitrogens with one attached hydrogen (secondary N) is 1. The van der Waals surface area contributed by atoms with Crippen molar-refractivity contribution in [3.8, 4) is 6.07 Å². The Kier molecular flexibility index (Phi) is 5.14. The Labute approximate surface area is 175 Å². The second kappa shape index (κ2) is 7.61. The zero-order valence-corrected chi connectivity index (χ0v) is 17.8. The smallest absolute Gasteiger partial charge is 0.262 e. The van der Waals surface area contributed by atoms with Gasteiger partial charge in [0, 0.05) is 11.1 Å². The summed E-state index contributed by atoms with van der Waals surface area (Å²) in [6, 6.07) is 14.9. The number of fused-ring (bicyclic) bond motifs is 2. The van der Waals surface area contributed by atoms with Crippen LogP contribution in [0, 0.1) is 22.7 Å². The first-order valence-corrected chi connectivity index (χ1v) is 10.8. The zero-order chi connectivity index (χ0) is 20.6. The quantitative estimate of drug-likeness (QED) is 0.633. The Morgan fingerprint density at radius 2 is 2.03 bits per heavy atom. The van der Waals surface area contributed by atoms with Crippen LogP contribution in [-0.4, -0.2) is 10.9 Å². The summed E-state index contributed by atoms with van der Waals surface area (Å²) >= 11 is 1.40. The molecule has 4 rings (SSSR count). The Bertz CT molecular complexity index is 1090. The molecule has 5 heteroatoms. The van der Waals surface area contributed by atoms with Crippen LogP contribution in [0.15, 0.2) is 42.5 Å². The fourth-order valence-corrected chi connectivity index (χ4v) is 4.95. The number of pyridine rings is 1. The number of carbonyl (C=O) groups is 1. The molecule has 0 radical (unpaired) electrons. The van der Waals surface area contributed by atoms with Crippen molar-refractivity contribution in [2.24, 2.45) is 11.3 Å². The fourth-order valence-electron chi connectivity index (χ4n) is 4.01. The maximum Gasteiger partial charge on any atom is 0.262 e. The van der Waals surface area contributed by atoms with E-state index in [0.29, 0.717) is 10.8 Å². The number of hydrogen-bond acceptors (Lipinski definition) is 4. The molecule has 1 aliphatic rings. The van der Waals surface area contributed by atoms with Crippen LogP contribution in [0.4, 0.5) is 0 Å². The Morgan fingerprint density at radius 1 is 1.28 bits per heavy atom.